The minimum atomic E-state index is 0.0178. The van der Waals surface area contributed by atoms with E-state index in [1.165, 1.54) is 33.0 Å². The van der Waals surface area contributed by atoms with Crippen LogP contribution in [0.25, 0.3) is 21.9 Å². The van der Waals surface area contributed by atoms with Crippen LogP contribution in [0.5, 0.6) is 0 Å². The largest absolute Gasteiger partial charge is 0.310 e. The fourth-order valence-corrected chi connectivity index (χ4v) is 9.47. The number of fused-ring (bicyclic) bond motifs is 1. The van der Waals surface area contributed by atoms with Crippen molar-refractivity contribution >= 4 is 59.7 Å². The molecule has 0 aromatic heterocycles. The first-order chi connectivity index (χ1) is 21.0. The van der Waals surface area contributed by atoms with Gasteiger partial charge in [0.15, 0.2) is 0 Å². The van der Waals surface area contributed by atoms with Gasteiger partial charge in [-0.25, -0.2) is 0 Å². The van der Waals surface area contributed by atoms with Crippen molar-refractivity contribution in [2.75, 3.05) is 4.90 Å². The van der Waals surface area contributed by atoms with Crippen molar-refractivity contribution in [3.05, 3.63) is 123 Å². The average Bonchev–Trinajstić information content (AvgIpc) is 3.21. The molecule has 3 heteroatoms. The van der Waals surface area contributed by atoms with Crippen LogP contribution < -0.4 is 4.90 Å². The van der Waals surface area contributed by atoms with Gasteiger partial charge in [-0.1, -0.05) is 131 Å². The zero-order valence-corrected chi connectivity index (χ0v) is 31.1. The second kappa shape index (κ2) is 9.81. The first-order valence-corrected chi connectivity index (χ1v) is 17.7. The molecule has 5 aromatic carbocycles. The molecule has 0 radical (unpaired) electrons. The maximum atomic E-state index is 3.65. The summed E-state index contributed by atoms with van der Waals surface area (Å²) in [4.78, 5) is 2.37. The lowest BCUT2D eigenvalue weighted by atomic mass is 9.47. The fraction of sp³-hybridized carbons (Fsp3) is 0.333. The van der Waals surface area contributed by atoms with Gasteiger partial charge in [0, 0.05) is 31.4 Å². The Hall–Kier alpha value is -2.88. The summed E-state index contributed by atoms with van der Waals surface area (Å²) in [7, 11) is 0. The Morgan fingerprint density at radius 1 is 0.511 bits per heavy atom. The first kappa shape index (κ1) is 30.8. The Morgan fingerprint density at radius 2 is 0.978 bits per heavy atom. The van der Waals surface area contributed by atoms with Gasteiger partial charge >= 0.3 is 0 Å². The van der Waals surface area contributed by atoms with Gasteiger partial charge in [-0.05, 0) is 121 Å². The number of hydrogen-bond donors (Lipinski definition) is 0. The molecule has 0 fully saturated rings. The van der Waals surface area contributed by atoms with Crippen molar-refractivity contribution in [2.45, 2.75) is 78.6 Å². The lowest BCUT2D eigenvalue weighted by Crippen LogP contribution is -2.54. The van der Waals surface area contributed by atoms with E-state index < -0.39 is 0 Å². The Balaban J connectivity index is 1.53. The second-order valence-electron chi connectivity index (χ2n) is 15.6. The normalized spacial score (nSPS) is 19.4. The molecule has 2 aliphatic carbocycles. The molecule has 45 heavy (non-hydrogen) atoms. The van der Waals surface area contributed by atoms with Gasteiger partial charge in [0.25, 0.3) is 0 Å². The minimum Gasteiger partial charge on any atom is -0.310 e. The van der Waals surface area contributed by atoms with Crippen molar-refractivity contribution in [2.24, 2.45) is 10.8 Å². The van der Waals surface area contributed by atoms with Crippen LogP contribution in [0, 0.1) is 10.8 Å². The SMILES string of the molecule is CC1(C)c2cc(-c3cc(N(c4ccc(Br)cc4)c4ccc(Br)cc4)cc4ccccc34)cc3c2C(C)(C1(C)C)C(C)(C)C3(C)C. The summed E-state index contributed by atoms with van der Waals surface area (Å²) >= 11 is 7.29. The molecule has 0 saturated heterocycles. The van der Waals surface area contributed by atoms with Gasteiger partial charge in [0.05, 0.1) is 0 Å². The van der Waals surface area contributed by atoms with E-state index in [1.54, 1.807) is 5.56 Å². The van der Waals surface area contributed by atoms with E-state index in [0.717, 1.165) is 26.0 Å². The third-order valence-electron chi connectivity index (χ3n) is 13.2. The highest BCUT2D eigenvalue weighted by molar-refractivity contribution is 9.10. The highest BCUT2D eigenvalue weighted by Gasteiger charge is 2.72. The predicted molar refractivity (Wildman–Crippen MR) is 200 cm³/mol. The maximum Gasteiger partial charge on any atom is 0.0474 e. The van der Waals surface area contributed by atoms with Crippen LogP contribution in [0.1, 0.15) is 79.0 Å². The quantitative estimate of drug-likeness (QED) is 0.179. The number of benzene rings is 5. The highest BCUT2D eigenvalue weighted by atomic mass is 79.9. The molecule has 0 aliphatic heterocycles. The predicted octanol–water partition coefficient (Wildman–Crippen LogP) is 13.4. The number of nitrogens with zero attached hydrogens (tertiary/aromatic N) is 1. The number of hydrogen-bond acceptors (Lipinski definition) is 1. The van der Waals surface area contributed by atoms with E-state index >= 15 is 0 Å². The van der Waals surface area contributed by atoms with Crippen molar-refractivity contribution in [3.63, 3.8) is 0 Å². The number of anilines is 3. The molecule has 0 unspecified atom stereocenters. The first-order valence-electron chi connectivity index (χ1n) is 16.1. The maximum absolute atomic E-state index is 3.65. The van der Waals surface area contributed by atoms with Gasteiger partial charge in [-0.2, -0.15) is 0 Å². The number of rotatable bonds is 4. The molecule has 0 saturated carbocycles. The summed E-state index contributed by atoms with van der Waals surface area (Å²) in [5, 5.41) is 2.53. The van der Waals surface area contributed by atoms with E-state index in [9.17, 15) is 0 Å². The Morgan fingerprint density at radius 3 is 1.47 bits per heavy atom. The summed E-state index contributed by atoms with van der Waals surface area (Å²) in [5.74, 6) is 0. The lowest BCUT2D eigenvalue weighted by molar-refractivity contribution is -0.0105. The van der Waals surface area contributed by atoms with Gasteiger partial charge in [-0.15, -0.1) is 0 Å². The minimum absolute atomic E-state index is 0.0178. The van der Waals surface area contributed by atoms with Gasteiger partial charge in [0.1, 0.15) is 0 Å². The highest BCUT2D eigenvalue weighted by Crippen LogP contribution is 2.76. The van der Waals surface area contributed by atoms with Crippen molar-refractivity contribution in [1.29, 1.82) is 0 Å². The lowest BCUT2D eigenvalue weighted by Gasteiger charge is -2.56. The summed E-state index contributed by atoms with van der Waals surface area (Å²) in [6, 6.07) is 36.0. The zero-order chi connectivity index (χ0) is 32.3. The van der Waals surface area contributed by atoms with Gasteiger partial charge in [-0.3, -0.25) is 0 Å². The van der Waals surface area contributed by atoms with Crippen LogP contribution in [-0.4, -0.2) is 0 Å². The van der Waals surface area contributed by atoms with Crippen LogP contribution in [0.4, 0.5) is 17.1 Å². The Bertz CT molecular complexity index is 1880. The van der Waals surface area contributed by atoms with E-state index in [-0.39, 0.29) is 27.1 Å². The monoisotopic (exact) mass is 719 g/mol. The van der Waals surface area contributed by atoms with Crippen LogP contribution >= 0.6 is 31.9 Å². The molecule has 2 aliphatic rings. The Kier molecular flexibility index (Phi) is 6.71. The summed E-state index contributed by atoms with van der Waals surface area (Å²) in [6.07, 6.45) is 0. The summed E-state index contributed by atoms with van der Waals surface area (Å²) in [6.45, 7) is 22.6. The van der Waals surface area contributed by atoms with Crippen LogP contribution in [-0.2, 0) is 16.2 Å². The van der Waals surface area contributed by atoms with Crippen molar-refractivity contribution in [3.8, 4) is 11.1 Å². The average molecular weight is 722 g/mol. The fourth-order valence-electron chi connectivity index (χ4n) is 8.94. The number of halogens is 2. The van der Waals surface area contributed by atoms with Gasteiger partial charge in [0.2, 0.25) is 0 Å². The molecule has 230 valence electrons. The van der Waals surface area contributed by atoms with E-state index in [4.69, 9.17) is 0 Å². The van der Waals surface area contributed by atoms with Crippen molar-refractivity contribution in [1.82, 2.24) is 0 Å². The standard InChI is InChI=1S/C42H43Br2N/c1-38(2)35-23-27(24-36-37(35)42(9,40(38,5)6)41(7,8)39(36,3)4)34-25-32(22-26-12-10-11-13-33(26)34)45(30-18-14-28(43)15-19-30)31-20-16-29(44)17-21-31/h10-25H,1-9H3. The van der Waals surface area contributed by atoms with Crippen LogP contribution in [0.15, 0.2) is 106 Å². The molecule has 0 heterocycles. The second-order valence-corrected chi connectivity index (χ2v) is 17.4. The molecule has 1 nitrogen and oxygen atoms in total. The molecule has 5 aromatic rings. The Labute approximate surface area is 286 Å². The molecular formula is C42H43Br2N. The van der Waals surface area contributed by atoms with Crippen molar-refractivity contribution < 1.29 is 0 Å². The van der Waals surface area contributed by atoms with Gasteiger partial charge < -0.3 is 4.90 Å². The van der Waals surface area contributed by atoms with Crippen LogP contribution in [0.2, 0.25) is 0 Å². The van der Waals surface area contributed by atoms with E-state index in [0.29, 0.717) is 0 Å². The molecule has 7 rings (SSSR count). The molecule has 0 bridgehead atoms. The summed E-state index contributed by atoms with van der Waals surface area (Å²) in [5.41, 5.74) is 10.9. The topological polar surface area (TPSA) is 3.24 Å². The molecule has 0 atom stereocenters. The molecular weight excluding hydrogens is 678 g/mol. The van der Waals surface area contributed by atoms with E-state index in [2.05, 4.69) is 196 Å². The van der Waals surface area contributed by atoms with E-state index in [1.807, 2.05) is 0 Å². The third kappa shape index (κ3) is 3.96. The molecule has 0 amide bonds. The summed E-state index contributed by atoms with van der Waals surface area (Å²) < 4.78 is 2.14. The van der Waals surface area contributed by atoms with Crippen LogP contribution in [0.3, 0.4) is 0 Å². The smallest absolute Gasteiger partial charge is 0.0474 e. The molecule has 0 spiro atoms. The zero-order valence-electron chi connectivity index (χ0n) is 27.9. The third-order valence-corrected chi connectivity index (χ3v) is 14.3. The molecule has 0 N–H and O–H groups in total.